The highest BCUT2D eigenvalue weighted by molar-refractivity contribution is 7.95. The van der Waals surface area contributed by atoms with Gasteiger partial charge in [0.15, 0.2) is 5.03 Å². The average molecular weight is 416 g/mol. The summed E-state index contributed by atoms with van der Waals surface area (Å²) in [5.41, 5.74) is 0.211. The predicted molar refractivity (Wildman–Crippen MR) is 99.4 cm³/mol. The van der Waals surface area contributed by atoms with E-state index in [0.717, 1.165) is 0 Å². The molecule has 1 amide bonds. The van der Waals surface area contributed by atoms with Crippen LogP contribution in [-0.2, 0) is 9.84 Å². The number of amides is 1. The second-order valence-corrected chi connectivity index (χ2v) is 7.79. The minimum atomic E-state index is -4.14. The first-order valence-electron chi connectivity index (χ1n) is 7.19. The molecule has 0 saturated carbocycles. The molecule has 138 valence electrons. The molecule has 0 heterocycles. The molecule has 6 nitrogen and oxygen atoms in total. The Morgan fingerprint density at radius 1 is 0.885 bits per heavy atom. The Bertz CT molecular complexity index is 919. The van der Waals surface area contributed by atoms with Crippen LogP contribution in [0, 0.1) is 0 Å². The van der Waals surface area contributed by atoms with Gasteiger partial charge in [-0.3, -0.25) is 4.79 Å². The van der Waals surface area contributed by atoms with Crippen molar-refractivity contribution < 1.29 is 22.7 Å². The number of carbonyl (C=O) groups excluding carboxylic acids is 1. The third kappa shape index (κ3) is 4.49. The molecule has 0 aromatic heterocycles. The molecule has 0 saturated heterocycles. The Kier molecular flexibility index (Phi) is 6.52. The van der Waals surface area contributed by atoms with Crippen molar-refractivity contribution in [3.8, 4) is 11.5 Å². The third-order valence-corrected chi connectivity index (χ3v) is 5.73. The smallest absolute Gasteiger partial charge is 0.256 e. The standard InChI is InChI=1S/C17H15Cl2NO5S/c1-24-12-5-3-11(4-6-12)16(21)20-17(15(18)19)26(22,23)14-9-7-13(25-2)8-10-14/h3-10H,1-2H3,(H,20,21). The lowest BCUT2D eigenvalue weighted by Crippen LogP contribution is -2.28. The molecule has 0 fully saturated rings. The summed E-state index contributed by atoms with van der Waals surface area (Å²) in [7, 11) is -1.19. The highest BCUT2D eigenvalue weighted by Gasteiger charge is 2.26. The van der Waals surface area contributed by atoms with E-state index in [1.54, 1.807) is 12.1 Å². The van der Waals surface area contributed by atoms with Crippen molar-refractivity contribution in [2.45, 2.75) is 4.90 Å². The monoisotopic (exact) mass is 415 g/mol. The summed E-state index contributed by atoms with van der Waals surface area (Å²) in [6, 6.07) is 11.7. The topological polar surface area (TPSA) is 81.7 Å². The van der Waals surface area contributed by atoms with Gasteiger partial charge in [0.1, 0.15) is 16.0 Å². The maximum atomic E-state index is 12.7. The van der Waals surface area contributed by atoms with Crippen LogP contribution in [0.15, 0.2) is 62.9 Å². The van der Waals surface area contributed by atoms with Gasteiger partial charge in [-0.2, -0.15) is 0 Å². The Morgan fingerprint density at radius 3 is 1.77 bits per heavy atom. The van der Waals surface area contributed by atoms with Crippen LogP contribution in [0.5, 0.6) is 11.5 Å². The van der Waals surface area contributed by atoms with Crippen molar-refractivity contribution in [3.63, 3.8) is 0 Å². The quantitative estimate of drug-likeness (QED) is 0.780. The molecule has 2 rings (SSSR count). The molecule has 0 aliphatic carbocycles. The first-order chi connectivity index (χ1) is 12.3. The molecule has 2 aromatic carbocycles. The number of halogens is 2. The second-order valence-electron chi connectivity index (χ2n) is 4.95. The van der Waals surface area contributed by atoms with E-state index in [1.165, 1.54) is 50.6 Å². The van der Waals surface area contributed by atoms with E-state index in [9.17, 15) is 13.2 Å². The first kappa shape index (κ1) is 20.1. The van der Waals surface area contributed by atoms with E-state index in [2.05, 4.69) is 5.32 Å². The molecular formula is C17H15Cl2NO5S. The summed E-state index contributed by atoms with van der Waals surface area (Å²) in [5, 5.41) is 1.65. The van der Waals surface area contributed by atoms with Gasteiger partial charge in [0.05, 0.1) is 19.1 Å². The van der Waals surface area contributed by atoms with Crippen LogP contribution in [0.25, 0.3) is 0 Å². The highest BCUT2D eigenvalue weighted by Crippen LogP contribution is 2.26. The van der Waals surface area contributed by atoms with Gasteiger partial charge in [-0.25, -0.2) is 8.42 Å². The molecule has 0 bridgehead atoms. The van der Waals surface area contributed by atoms with Crippen molar-refractivity contribution in [1.82, 2.24) is 5.32 Å². The Hall–Kier alpha value is -2.22. The lowest BCUT2D eigenvalue weighted by atomic mass is 10.2. The van der Waals surface area contributed by atoms with Crippen LogP contribution >= 0.6 is 23.2 Å². The Labute approximate surface area is 161 Å². The van der Waals surface area contributed by atoms with Crippen molar-refractivity contribution >= 4 is 38.9 Å². The first-order valence-corrected chi connectivity index (χ1v) is 9.43. The summed E-state index contributed by atoms with van der Waals surface area (Å²) in [4.78, 5) is 12.3. The fourth-order valence-electron chi connectivity index (χ4n) is 2.01. The summed E-state index contributed by atoms with van der Waals surface area (Å²) in [6.07, 6.45) is 0. The van der Waals surface area contributed by atoms with E-state index in [-0.39, 0.29) is 10.5 Å². The zero-order valence-corrected chi connectivity index (χ0v) is 16.2. The van der Waals surface area contributed by atoms with Crippen molar-refractivity contribution in [2.24, 2.45) is 0 Å². The van der Waals surface area contributed by atoms with Crippen LogP contribution in [0.1, 0.15) is 10.4 Å². The van der Waals surface area contributed by atoms with E-state index in [0.29, 0.717) is 11.5 Å². The Morgan fingerprint density at radius 2 is 1.35 bits per heavy atom. The largest absolute Gasteiger partial charge is 0.497 e. The zero-order valence-electron chi connectivity index (χ0n) is 13.8. The molecular weight excluding hydrogens is 401 g/mol. The lowest BCUT2D eigenvalue weighted by Gasteiger charge is -2.12. The number of sulfone groups is 1. The maximum Gasteiger partial charge on any atom is 0.256 e. The van der Waals surface area contributed by atoms with Crippen LogP contribution in [0.2, 0.25) is 0 Å². The van der Waals surface area contributed by atoms with Gasteiger partial charge >= 0.3 is 0 Å². The molecule has 0 radical (unpaired) electrons. The van der Waals surface area contributed by atoms with Gasteiger partial charge in [-0.05, 0) is 48.5 Å². The van der Waals surface area contributed by atoms with Crippen molar-refractivity contribution in [1.29, 1.82) is 0 Å². The van der Waals surface area contributed by atoms with Crippen LogP contribution in [-0.4, -0.2) is 28.5 Å². The molecule has 0 atom stereocenters. The summed E-state index contributed by atoms with van der Waals surface area (Å²) >= 11 is 11.4. The highest BCUT2D eigenvalue weighted by atomic mass is 35.5. The third-order valence-electron chi connectivity index (χ3n) is 3.39. The van der Waals surface area contributed by atoms with E-state index >= 15 is 0 Å². The summed E-state index contributed by atoms with van der Waals surface area (Å²) in [5.74, 6) is 0.353. The molecule has 9 heteroatoms. The molecule has 0 unspecified atom stereocenters. The maximum absolute atomic E-state index is 12.7. The van der Waals surface area contributed by atoms with Crippen LogP contribution in [0.4, 0.5) is 0 Å². The average Bonchev–Trinajstić information content (AvgIpc) is 2.65. The van der Waals surface area contributed by atoms with Crippen molar-refractivity contribution in [2.75, 3.05) is 14.2 Å². The normalized spacial score (nSPS) is 10.8. The number of hydrogen-bond acceptors (Lipinski definition) is 5. The van der Waals surface area contributed by atoms with Gasteiger partial charge in [0.2, 0.25) is 9.84 Å². The van der Waals surface area contributed by atoms with E-state index < -0.39 is 25.3 Å². The van der Waals surface area contributed by atoms with Gasteiger partial charge in [0.25, 0.3) is 5.91 Å². The molecule has 0 aliphatic rings. The molecule has 0 spiro atoms. The summed E-state index contributed by atoms with van der Waals surface area (Å²) < 4.78 is 34.9. The SMILES string of the molecule is COc1ccc(C(=O)NC(=C(Cl)Cl)S(=O)(=O)c2ccc(OC)cc2)cc1. The molecule has 26 heavy (non-hydrogen) atoms. The number of methoxy groups -OCH3 is 2. The Balaban J connectivity index is 2.32. The predicted octanol–water partition coefficient (Wildman–Crippen LogP) is 3.51. The lowest BCUT2D eigenvalue weighted by molar-refractivity contribution is 0.0968. The number of hydrogen-bond donors (Lipinski definition) is 1. The van der Waals surface area contributed by atoms with E-state index in [4.69, 9.17) is 32.7 Å². The minimum Gasteiger partial charge on any atom is -0.497 e. The van der Waals surface area contributed by atoms with Crippen LogP contribution < -0.4 is 14.8 Å². The fraction of sp³-hybridized carbons (Fsp3) is 0.118. The minimum absolute atomic E-state index is 0.0952. The molecule has 2 aromatic rings. The number of carbonyl (C=O) groups is 1. The second kappa shape index (κ2) is 8.44. The van der Waals surface area contributed by atoms with Gasteiger partial charge in [-0.1, -0.05) is 23.2 Å². The fourth-order valence-corrected chi connectivity index (χ4v) is 3.87. The number of ether oxygens (including phenoxy) is 2. The zero-order chi connectivity index (χ0) is 19.3. The molecule has 0 aliphatic heterocycles. The number of nitrogens with one attached hydrogen (secondary N) is 1. The number of benzene rings is 2. The van der Waals surface area contributed by atoms with Crippen molar-refractivity contribution in [3.05, 3.63) is 63.6 Å². The van der Waals surface area contributed by atoms with Gasteiger partial charge in [-0.15, -0.1) is 0 Å². The van der Waals surface area contributed by atoms with Gasteiger partial charge in [0, 0.05) is 5.56 Å². The molecule has 1 N–H and O–H groups in total. The summed E-state index contributed by atoms with van der Waals surface area (Å²) in [6.45, 7) is 0. The van der Waals surface area contributed by atoms with Gasteiger partial charge < -0.3 is 14.8 Å². The number of rotatable bonds is 6. The van der Waals surface area contributed by atoms with E-state index in [1.807, 2.05) is 0 Å². The van der Waals surface area contributed by atoms with Crippen LogP contribution in [0.3, 0.4) is 0 Å².